The molecule has 0 spiro atoms. The summed E-state index contributed by atoms with van der Waals surface area (Å²) in [5, 5.41) is 2.99. The van der Waals surface area contributed by atoms with E-state index in [4.69, 9.17) is 4.74 Å². The van der Waals surface area contributed by atoms with Crippen molar-refractivity contribution in [2.75, 3.05) is 0 Å². The molecule has 4 rings (SSSR count). The Labute approximate surface area is 228 Å². The van der Waals surface area contributed by atoms with E-state index in [-0.39, 0.29) is 37.4 Å². The fourth-order valence-corrected chi connectivity index (χ4v) is 4.16. The van der Waals surface area contributed by atoms with Gasteiger partial charge in [0.05, 0.1) is 13.0 Å². The van der Waals surface area contributed by atoms with Crippen LogP contribution in [0.25, 0.3) is 11.3 Å². The van der Waals surface area contributed by atoms with Crippen LogP contribution >= 0.6 is 0 Å². The number of aryl methyl sites for hydroxylation is 1. The lowest BCUT2D eigenvalue weighted by atomic mass is 10.0. The molecule has 1 N–H and O–H groups in total. The summed E-state index contributed by atoms with van der Waals surface area (Å²) in [4.78, 5) is 44.7. The molecule has 39 heavy (non-hydrogen) atoms. The molecule has 0 aliphatic carbocycles. The molecule has 0 saturated heterocycles. The van der Waals surface area contributed by atoms with E-state index in [0.29, 0.717) is 11.3 Å². The Morgan fingerprint density at radius 2 is 1.41 bits per heavy atom. The van der Waals surface area contributed by atoms with E-state index >= 15 is 0 Å². The van der Waals surface area contributed by atoms with Crippen LogP contribution in [0.2, 0.25) is 0 Å². The van der Waals surface area contributed by atoms with Gasteiger partial charge in [-0.1, -0.05) is 91.0 Å². The number of benzene rings is 3. The van der Waals surface area contributed by atoms with E-state index in [2.05, 4.69) is 10.3 Å². The molecule has 0 atom stereocenters. The van der Waals surface area contributed by atoms with Gasteiger partial charge >= 0.3 is 5.97 Å². The smallest absolute Gasteiger partial charge is 0.306 e. The fourth-order valence-electron chi connectivity index (χ4n) is 4.16. The Balaban J connectivity index is 1.73. The summed E-state index contributed by atoms with van der Waals surface area (Å²) in [5.41, 5.74) is 2.28. The summed E-state index contributed by atoms with van der Waals surface area (Å²) in [6.45, 7) is 5.99. The molecule has 7 nitrogen and oxygen atoms in total. The number of carbonyl (C=O) groups is 2. The normalized spacial score (nSPS) is 11.2. The van der Waals surface area contributed by atoms with Gasteiger partial charge in [-0.3, -0.25) is 19.0 Å². The summed E-state index contributed by atoms with van der Waals surface area (Å²) >= 11 is 0. The highest BCUT2D eigenvalue weighted by Crippen LogP contribution is 2.23. The molecule has 1 amide bonds. The standard InChI is InChI=1S/C32H33N3O4/c1-32(2,3)34-30(37)29-28(25-17-11-6-12-18-25)33-26(31(38)35(29)21-23-13-7-4-8-14-23)19-20-27(36)39-22-24-15-9-5-10-16-24/h4-18H,19-22H2,1-3H3,(H,34,37). The highest BCUT2D eigenvalue weighted by Gasteiger charge is 2.26. The van der Waals surface area contributed by atoms with Gasteiger partial charge in [-0.25, -0.2) is 4.98 Å². The molecule has 0 bridgehead atoms. The molecular formula is C32H33N3O4. The molecule has 1 heterocycles. The zero-order chi connectivity index (χ0) is 27.8. The van der Waals surface area contributed by atoms with E-state index in [1.807, 2.05) is 112 Å². The summed E-state index contributed by atoms with van der Waals surface area (Å²) in [7, 11) is 0. The first-order valence-corrected chi connectivity index (χ1v) is 13.0. The van der Waals surface area contributed by atoms with Crippen molar-refractivity contribution in [1.82, 2.24) is 14.9 Å². The van der Waals surface area contributed by atoms with Gasteiger partial charge in [-0.2, -0.15) is 0 Å². The quantitative estimate of drug-likeness (QED) is 0.306. The number of nitrogens with one attached hydrogen (secondary N) is 1. The van der Waals surface area contributed by atoms with Crippen molar-refractivity contribution in [3.8, 4) is 11.3 Å². The first-order valence-electron chi connectivity index (χ1n) is 13.0. The lowest BCUT2D eigenvalue weighted by Crippen LogP contribution is -2.44. The molecule has 0 radical (unpaired) electrons. The van der Waals surface area contributed by atoms with Crippen LogP contribution in [-0.2, 0) is 29.1 Å². The van der Waals surface area contributed by atoms with Gasteiger partial charge in [0.2, 0.25) is 0 Å². The van der Waals surface area contributed by atoms with Crippen LogP contribution in [0.1, 0.15) is 54.5 Å². The number of rotatable bonds is 9. The van der Waals surface area contributed by atoms with Gasteiger partial charge in [0.1, 0.15) is 23.7 Å². The number of ether oxygens (including phenoxy) is 1. The third-order valence-electron chi connectivity index (χ3n) is 5.98. The van der Waals surface area contributed by atoms with Crippen molar-refractivity contribution in [3.05, 3.63) is 124 Å². The summed E-state index contributed by atoms with van der Waals surface area (Å²) in [6, 6.07) is 28.2. The average molecular weight is 524 g/mol. The maximum Gasteiger partial charge on any atom is 0.306 e. The van der Waals surface area contributed by atoms with Crippen molar-refractivity contribution in [2.24, 2.45) is 0 Å². The van der Waals surface area contributed by atoms with E-state index in [9.17, 15) is 14.4 Å². The van der Waals surface area contributed by atoms with Gasteiger partial charge in [0.25, 0.3) is 11.5 Å². The molecule has 0 fully saturated rings. The lowest BCUT2D eigenvalue weighted by Gasteiger charge is -2.24. The monoisotopic (exact) mass is 523 g/mol. The Morgan fingerprint density at radius 3 is 2.00 bits per heavy atom. The first kappa shape index (κ1) is 27.5. The van der Waals surface area contributed by atoms with Crippen LogP contribution in [0.3, 0.4) is 0 Å². The summed E-state index contributed by atoms with van der Waals surface area (Å²) in [5.74, 6) is -0.818. The van der Waals surface area contributed by atoms with E-state index in [1.165, 1.54) is 4.57 Å². The Bertz CT molecular complexity index is 1480. The van der Waals surface area contributed by atoms with Gasteiger partial charge in [-0.05, 0) is 31.9 Å². The second kappa shape index (κ2) is 12.3. The zero-order valence-electron chi connectivity index (χ0n) is 22.5. The minimum Gasteiger partial charge on any atom is -0.461 e. The average Bonchev–Trinajstić information content (AvgIpc) is 2.92. The van der Waals surface area contributed by atoms with Crippen LogP contribution in [0.15, 0.2) is 95.8 Å². The highest BCUT2D eigenvalue weighted by molar-refractivity contribution is 5.98. The minimum absolute atomic E-state index is 0.0117. The van der Waals surface area contributed by atoms with E-state index in [1.54, 1.807) is 0 Å². The lowest BCUT2D eigenvalue weighted by molar-refractivity contribution is -0.144. The van der Waals surface area contributed by atoms with Crippen molar-refractivity contribution in [1.29, 1.82) is 0 Å². The highest BCUT2D eigenvalue weighted by atomic mass is 16.5. The number of hydrogen-bond acceptors (Lipinski definition) is 5. The predicted molar refractivity (Wildman–Crippen MR) is 151 cm³/mol. The summed E-state index contributed by atoms with van der Waals surface area (Å²) in [6.07, 6.45) is 0.0738. The largest absolute Gasteiger partial charge is 0.461 e. The van der Waals surface area contributed by atoms with Crippen LogP contribution in [0.4, 0.5) is 0 Å². The Kier molecular flexibility index (Phi) is 8.71. The number of carbonyl (C=O) groups excluding carboxylic acids is 2. The van der Waals surface area contributed by atoms with Crippen molar-refractivity contribution in [2.45, 2.75) is 52.3 Å². The molecule has 0 aliphatic heterocycles. The van der Waals surface area contributed by atoms with Crippen molar-refractivity contribution in [3.63, 3.8) is 0 Å². The molecule has 200 valence electrons. The van der Waals surface area contributed by atoms with Crippen LogP contribution in [0, 0.1) is 0 Å². The zero-order valence-corrected chi connectivity index (χ0v) is 22.5. The number of nitrogens with zero attached hydrogens (tertiary/aromatic N) is 2. The van der Waals surface area contributed by atoms with Gasteiger partial charge in [-0.15, -0.1) is 0 Å². The summed E-state index contributed by atoms with van der Waals surface area (Å²) < 4.78 is 6.88. The molecule has 4 aromatic rings. The van der Waals surface area contributed by atoms with Gasteiger partial charge in [0.15, 0.2) is 0 Å². The Morgan fingerprint density at radius 1 is 0.846 bits per heavy atom. The van der Waals surface area contributed by atoms with Crippen LogP contribution in [-0.4, -0.2) is 27.0 Å². The molecule has 0 aliphatic rings. The van der Waals surface area contributed by atoms with Gasteiger partial charge in [0, 0.05) is 17.5 Å². The fraction of sp³-hybridized carbons (Fsp3) is 0.250. The minimum atomic E-state index is -0.528. The van der Waals surface area contributed by atoms with Crippen molar-refractivity contribution < 1.29 is 14.3 Å². The van der Waals surface area contributed by atoms with E-state index < -0.39 is 23.0 Å². The SMILES string of the molecule is CC(C)(C)NC(=O)c1c(-c2ccccc2)nc(CCC(=O)OCc2ccccc2)c(=O)n1Cc1ccccc1. The second-order valence-electron chi connectivity index (χ2n) is 10.3. The third-order valence-corrected chi connectivity index (χ3v) is 5.98. The number of hydrogen-bond donors (Lipinski definition) is 1. The molecule has 0 saturated carbocycles. The van der Waals surface area contributed by atoms with E-state index in [0.717, 1.165) is 11.1 Å². The number of esters is 1. The maximum atomic E-state index is 13.8. The Hall–Kier alpha value is -4.52. The molecule has 0 unspecified atom stereocenters. The number of aromatic nitrogens is 2. The predicted octanol–water partition coefficient (Wildman–Crippen LogP) is 5.16. The number of amides is 1. The van der Waals surface area contributed by atoms with Gasteiger partial charge < -0.3 is 10.1 Å². The molecule has 3 aromatic carbocycles. The van der Waals surface area contributed by atoms with Crippen LogP contribution < -0.4 is 10.9 Å². The molecular weight excluding hydrogens is 490 g/mol. The molecule has 7 heteroatoms. The van der Waals surface area contributed by atoms with Crippen molar-refractivity contribution >= 4 is 11.9 Å². The van der Waals surface area contributed by atoms with Crippen LogP contribution in [0.5, 0.6) is 0 Å². The third kappa shape index (κ3) is 7.51. The molecule has 1 aromatic heterocycles. The first-order chi connectivity index (χ1) is 18.7. The maximum absolute atomic E-state index is 13.8. The topological polar surface area (TPSA) is 90.3 Å². The second-order valence-corrected chi connectivity index (χ2v) is 10.3.